The van der Waals surface area contributed by atoms with E-state index in [1.807, 2.05) is 55.5 Å². The van der Waals surface area contributed by atoms with Gasteiger partial charge in [-0.2, -0.15) is 0 Å². The van der Waals surface area contributed by atoms with Crippen molar-refractivity contribution in [2.75, 3.05) is 0 Å². The van der Waals surface area contributed by atoms with Crippen LogP contribution in [0.25, 0.3) is 0 Å². The molecule has 0 aliphatic heterocycles. The number of benzene rings is 2. The van der Waals surface area contributed by atoms with E-state index in [4.69, 9.17) is 4.74 Å². The van der Waals surface area contributed by atoms with Crippen LogP contribution in [0, 0.1) is 18.8 Å². The van der Waals surface area contributed by atoms with E-state index in [0.717, 1.165) is 22.4 Å². The summed E-state index contributed by atoms with van der Waals surface area (Å²) in [5.74, 6) is 6.99. The second-order valence-corrected chi connectivity index (χ2v) is 3.90. The van der Waals surface area contributed by atoms with Crippen LogP contribution in [-0.4, -0.2) is 0 Å². The molecule has 0 aliphatic rings. The molecule has 2 aromatic rings. The fraction of sp³-hybridized carbons (Fsp3) is 0.0588. The Labute approximate surface area is 108 Å². The maximum Gasteiger partial charge on any atom is 0.142 e. The van der Waals surface area contributed by atoms with Gasteiger partial charge < -0.3 is 4.74 Å². The van der Waals surface area contributed by atoms with Gasteiger partial charge in [-0.15, -0.1) is 0 Å². The van der Waals surface area contributed by atoms with E-state index >= 15 is 0 Å². The van der Waals surface area contributed by atoms with Gasteiger partial charge >= 0.3 is 0 Å². The van der Waals surface area contributed by atoms with E-state index in [9.17, 15) is 0 Å². The van der Waals surface area contributed by atoms with Crippen molar-refractivity contribution in [1.29, 1.82) is 0 Å². The maximum absolute atomic E-state index is 5.34. The lowest BCUT2D eigenvalue weighted by molar-refractivity contribution is 0.482. The Morgan fingerprint density at radius 1 is 1.06 bits per heavy atom. The average Bonchev–Trinajstić information content (AvgIpc) is 2.40. The highest BCUT2D eigenvalue weighted by molar-refractivity contribution is 5.51. The van der Waals surface area contributed by atoms with Crippen molar-refractivity contribution in [3.8, 4) is 17.6 Å². The Kier molecular flexibility index (Phi) is 3.83. The molecule has 2 aromatic carbocycles. The number of rotatable bonds is 2. The fourth-order valence-electron chi connectivity index (χ4n) is 1.60. The first-order valence-corrected chi connectivity index (χ1v) is 5.75. The van der Waals surface area contributed by atoms with Crippen molar-refractivity contribution in [1.82, 2.24) is 0 Å². The highest BCUT2D eigenvalue weighted by Crippen LogP contribution is 2.19. The zero-order valence-electron chi connectivity index (χ0n) is 10.3. The monoisotopic (exact) mass is 234 g/mol. The first kappa shape index (κ1) is 12.0. The molecule has 0 N–H and O–H groups in total. The second kappa shape index (κ2) is 5.75. The molecule has 0 fully saturated rings. The van der Waals surface area contributed by atoms with E-state index in [0.29, 0.717) is 0 Å². The van der Waals surface area contributed by atoms with Crippen LogP contribution in [0.2, 0.25) is 0 Å². The van der Waals surface area contributed by atoms with E-state index in [1.165, 1.54) is 6.26 Å². The van der Waals surface area contributed by atoms with Crippen LogP contribution in [0.1, 0.15) is 16.7 Å². The van der Waals surface area contributed by atoms with Crippen molar-refractivity contribution in [3.63, 3.8) is 0 Å². The van der Waals surface area contributed by atoms with Crippen molar-refractivity contribution in [2.45, 2.75) is 6.92 Å². The normalized spacial score (nSPS) is 9.17. The predicted molar refractivity (Wildman–Crippen MR) is 74.4 cm³/mol. The molecule has 0 unspecified atom stereocenters. The summed E-state index contributed by atoms with van der Waals surface area (Å²) in [6, 6.07) is 15.8. The Morgan fingerprint density at radius 2 is 1.83 bits per heavy atom. The second-order valence-electron chi connectivity index (χ2n) is 3.90. The molecule has 0 amide bonds. The van der Waals surface area contributed by atoms with Crippen LogP contribution in [0.5, 0.6) is 5.75 Å². The molecule has 1 heteroatoms. The van der Waals surface area contributed by atoms with Crippen LogP contribution in [0.3, 0.4) is 0 Å². The van der Waals surface area contributed by atoms with Gasteiger partial charge in [0.1, 0.15) is 5.75 Å². The Hall–Kier alpha value is -2.46. The van der Waals surface area contributed by atoms with Gasteiger partial charge in [0.2, 0.25) is 0 Å². The summed E-state index contributed by atoms with van der Waals surface area (Å²) < 4.78 is 5.34. The van der Waals surface area contributed by atoms with Crippen LogP contribution < -0.4 is 4.74 Å². The quantitative estimate of drug-likeness (QED) is 0.565. The first-order chi connectivity index (χ1) is 8.79. The SMILES string of the molecule is C=COc1ccc(C)cc1C#Cc1ccccc1. The fourth-order valence-corrected chi connectivity index (χ4v) is 1.60. The smallest absolute Gasteiger partial charge is 0.142 e. The molecule has 1 nitrogen and oxygen atoms in total. The molecule has 0 saturated heterocycles. The Balaban J connectivity index is 2.36. The van der Waals surface area contributed by atoms with Crippen molar-refractivity contribution in [3.05, 3.63) is 78.1 Å². The van der Waals surface area contributed by atoms with E-state index in [2.05, 4.69) is 18.4 Å². The van der Waals surface area contributed by atoms with Gasteiger partial charge in [-0.25, -0.2) is 0 Å². The molecule has 18 heavy (non-hydrogen) atoms. The minimum Gasteiger partial charge on any atom is -0.464 e. The van der Waals surface area contributed by atoms with Gasteiger partial charge in [0, 0.05) is 5.56 Å². The van der Waals surface area contributed by atoms with E-state index in [-0.39, 0.29) is 0 Å². The minimum absolute atomic E-state index is 0.735. The first-order valence-electron chi connectivity index (χ1n) is 5.75. The molecule has 0 spiro atoms. The summed E-state index contributed by atoms with van der Waals surface area (Å²) in [6.07, 6.45) is 1.42. The molecule has 0 radical (unpaired) electrons. The third-order valence-electron chi connectivity index (χ3n) is 2.46. The highest BCUT2D eigenvalue weighted by atomic mass is 16.5. The Morgan fingerprint density at radius 3 is 2.56 bits per heavy atom. The number of aryl methyl sites for hydroxylation is 1. The molecule has 0 aromatic heterocycles. The predicted octanol–water partition coefficient (Wildman–Crippen LogP) is 3.92. The van der Waals surface area contributed by atoms with Gasteiger partial charge in [0.15, 0.2) is 0 Å². The average molecular weight is 234 g/mol. The van der Waals surface area contributed by atoms with Crippen molar-refractivity contribution >= 4 is 0 Å². The highest BCUT2D eigenvalue weighted by Gasteiger charge is 1.99. The van der Waals surface area contributed by atoms with Gasteiger partial charge in [0.05, 0.1) is 11.8 Å². The lowest BCUT2D eigenvalue weighted by Crippen LogP contribution is -1.87. The molecule has 2 rings (SSSR count). The lowest BCUT2D eigenvalue weighted by Gasteiger charge is -2.03. The zero-order chi connectivity index (χ0) is 12.8. The lowest BCUT2D eigenvalue weighted by atomic mass is 10.1. The third-order valence-corrected chi connectivity index (χ3v) is 2.46. The molecule has 0 atom stereocenters. The molecule has 0 saturated carbocycles. The largest absolute Gasteiger partial charge is 0.464 e. The van der Waals surface area contributed by atoms with Crippen LogP contribution in [-0.2, 0) is 0 Å². The molecule has 0 heterocycles. The van der Waals surface area contributed by atoms with Gasteiger partial charge in [-0.3, -0.25) is 0 Å². The van der Waals surface area contributed by atoms with Crippen molar-refractivity contribution in [2.24, 2.45) is 0 Å². The zero-order valence-corrected chi connectivity index (χ0v) is 10.3. The van der Waals surface area contributed by atoms with Gasteiger partial charge in [-0.05, 0) is 36.8 Å². The van der Waals surface area contributed by atoms with E-state index < -0.39 is 0 Å². The van der Waals surface area contributed by atoms with Crippen LogP contribution in [0.4, 0.5) is 0 Å². The number of hydrogen-bond acceptors (Lipinski definition) is 1. The summed E-state index contributed by atoms with van der Waals surface area (Å²) in [5, 5.41) is 0. The third kappa shape index (κ3) is 3.02. The molecular formula is C17H14O. The molecule has 0 bridgehead atoms. The summed E-state index contributed by atoms with van der Waals surface area (Å²) in [6.45, 7) is 5.60. The molecule has 0 aliphatic carbocycles. The molecular weight excluding hydrogens is 220 g/mol. The van der Waals surface area contributed by atoms with Gasteiger partial charge in [0.25, 0.3) is 0 Å². The topological polar surface area (TPSA) is 9.23 Å². The van der Waals surface area contributed by atoms with Crippen LogP contribution >= 0.6 is 0 Å². The summed E-state index contributed by atoms with van der Waals surface area (Å²) in [4.78, 5) is 0. The van der Waals surface area contributed by atoms with Crippen molar-refractivity contribution < 1.29 is 4.74 Å². The number of ether oxygens (including phenoxy) is 1. The standard InChI is InChI=1S/C17H14O/c1-3-18-17-12-9-14(2)13-16(17)11-10-15-7-5-4-6-8-15/h3-9,12-13H,1H2,2H3. The van der Waals surface area contributed by atoms with Crippen LogP contribution in [0.15, 0.2) is 61.4 Å². The summed E-state index contributed by atoms with van der Waals surface area (Å²) >= 11 is 0. The summed E-state index contributed by atoms with van der Waals surface area (Å²) in [7, 11) is 0. The molecule has 88 valence electrons. The summed E-state index contributed by atoms with van der Waals surface area (Å²) in [5.41, 5.74) is 3.02. The minimum atomic E-state index is 0.735. The maximum atomic E-state index is 5.34. The van der Waals surface area contributed by atoms with Gasteiger partial charge in [-0.1, -0.05) is 42.7 Å². The number of hydrogen-bond donors (Lipinski definition) is 0. The Bertz CT molecular complexity index is 600. The van der Waals surface area contributed by atoms with E-state index in [1.54, 1.807) is 0 Å².